The number of alkyl halides is 3. The van der Waals surface area contributed by atoms with Crippen LogP contribution in [0, 0.1) is 11.8 Å². The first-order valence-electron chi connectivity index (χ1n) is 10.3. The highest BCUT2D eigenvalue weighted by molar-refractivity contribution is 5.95. The molecule has 0 radical (unpaired) electrons. The van der Waals surface area contributed by atoms with Gasteiger partial charge in [0.1, 0.15) is 5.82 Å². The molecule has 0 atom stereocenters. The summed E-state index contributed by atoms with van der Waals surface area (Å²) in [5.74, 6) is -2.49. The molecule has 0 aromatic carbocycles. The largest absolute Gasteiger partial charge is 0.455 e. The van der Waals surface area contributed by atoms with Gasteiger partial charge in [-0.15, -0.1) is 15.3 Å². The highest BCUT2D eigenvalue weighted by atomic mass is 19.4. The number of fused-ring (bicyclic) bond motifs is 1. The summed E-state index contributed by atoms with van der Waals surface area (Å²) in [5, 5.41) is 15.2. The van der Waals surface area contributed by atoms with Crippen LogP contribution in [0.5, 0.6) is 0 Å². The van der Waals surface area contributed by atoms with Crippen molar-refractivity contribution in [2.75, 3.05) is 31.1 Å². The first-order chi connectivity index (χ1) is 15.5. The molecule has 3 heterocycles. The second kappa shape index (κ2) is 10.0. The average Bonchev–Trinajstić information content (AvgIpc) is 3.20. The van der Waals surface area contributed by atoms with Crippen LogP contribution in [0.2, 0.25) is 0 Å². The summed E-state index contributed by atoms with van der Waals surface area (Å²) in [6.45, 7) is 4.32. The zero-order chi connectivity index (χ0) is 24.2. The maximum Gasteiger partial charge on any atom is 0.453 e. The number of piperidine rings is 1. The third-order valence-corrected chi connectivity index (χ3v) is 4.92. The molecule has 14 heteroatoms. The minimum absolute atomic E-state index is 0.0271. The van der Waals surface area contributed by atoms with Crippen LogP contribution in [-0.4, -0.2) is 64.0 Å². The van der Waals surface area contributed by atoms with Crippen LogP contribution < -0.4 is 15.5 Å². The van der Waals surface area contributed by atoms with E-state index >= 15 is 0 Å². The van der Waals surface area contributed by atoms with E-state index in [-0.39, 0.29) is 11.6 Å². The van der Waals surface area contributed by atoms with Gasteiger partial charge >= 0.3 is 18.2 Å². The van der Waals surface area contributed by atoms with Crippen molar-refractivity contribution in [2.24, 2.45) is 11.8 Å². The summed E-state index contributed by atoms with van der Waals surface area (Å²) in [7, 11) is 0. The summed E-state index contributed by atoms with van der Waals surface area (Å²) in [6, 6.07) is 2.27. The van der Waals surface area contributed by atoms with Crippen LogP contribution in [0.4, 0.5) is 23.8 Å². The van der Waals surface area contributed by atoms with Gasteiger partial charge in [-0.2, -0.15) is 17.7 Å². The molecule has 1 aliphatic rings. The zero-order valence-electron chi connectivity index (χ0n) is 18.1. The summed E-state index contributed by atoms with van der Waals surface area (Å²) >= 11 is 0. The van der Waals surface area contributed by atoms with Gasteiger partial charge < -0.3 is 15.0 Å². The molecule has 33 heavy (non-hydrogen) atoms. The predicted molar refractivity (Wildman–Crippen MR) is 108 cm³/mol. The first-order valence-corrected chi connectivity index (χ1v) is 10.3. The smallest absolute Gasteiger partial charge is 0.453 e. The molecular weight excluding hydrogens is 447 g/mol. The number of urea groups is 1. The molecule has 0 bridgehead atoms. The number of hydrogen-bond acceptors (Lipinski definition) is 8. The number of ether oxygens (including phenoxy) is 1. The molecule has 3 rings (SSSR count). The summed E-state index contributed by atoms with van der Waals surface area (Å²) in [6.07, 6.45) is -3.96. The van der Waals surface area contributed by atoms with Gasteiger partial charge in [-0.05, 0) is 30.9 Å². The zero-order valence-corrected chi connectivity index (χ0v) is 18.1. The number of anilines is 1. The lowest BCUT2D eigenvalue weighted by Gasteiger charge is -2.31. The van der Waals surface area contributed by atoms with Crippen molar-refractivity contribution in [3.05, 3.63) is 18.0 Å². The van der Waals surface area contributed by atoms with E-state index < -0.39 is 42.4 Å². The van der Waals surface area contributed by atoms with Crippen LogP contribution in [0.25, 0.3) is 5.65 Å². The average molecular weight is 471 g/mol. The predicted octanol–water partition coefficient (Wildman–Crippen LogP) is 1.38. The fourth-order valence-corrected chi connectivity index (χ4v) is 3.23. The van der Waals surface area contributed by atoms with Crippen molar-refractivity contribution in [3.8, 4) is 0 Å². The molecule has 0 aliphatic carbocycles. The summed E-state index contributed by atoms with van der Waals surface area (Å²) < 4.78 is 44.8. The Morgan fingerprint density at radius 2 is 1.88 bits per heavy atom. The number of nitrogens with zero attached hydrogens (tertiary/aromatic N) is 5. The number of carbonyl (C=O) groups excluding carboxylic acids is 3. The van der Waals surface area contributed by atoms with Gasteiger partial charge in [0.05, 0.1) is 5.92 Å². The van der Waals surface area contributed by atoms with E-state index in [4.69, 9.17) is 4.74 Å². The van der Waals surface area contributed by atoms with Gasteiger partial charge in [0.15, 0.2) is 12.3 Å². The number of amides is 3. The molecule has 180 valence electrons. The number of halogens is 3. The van der Waals surface area contributed by atoms with E-state index in [0.717, 1.165) is 0 Å². The highest BCUT2D eigenvalue weighted by Crippen LogP contribution is 2.28. The number of imide groups is 1. The molecule has 2 aromatic heterocycles. The van der Waals surface area contributed by atoms with Crippen LogP contribution in [-0.2, 0) is 20.5 Å². The maximum atomic E-state index is 13.1. The topological polar surface area (TPSA) is 131 Å². The van der Waals surface area contributed by atoms with Crippen molar-refractivity contribution in [1.29, 1.82) is 0 Å². The van der Waals surface area contributed by atoms with E-state index in [1.807, 2.05) is 13.8 Å². The SMILES string of the molecule is CC(C)CNC(=O)NC(=O)COC(=O)C1CCN(c2ccc3nnc(C(F)(F)F)n3n2)CC1. The lowest BCUT2D eigenvalue weighted by atomic mass is 9.97. The number of rotatable bonds is 6. The maximum absolute atomic E-state index is 13.1. The van der Waals surface area contributed by atoms with Crippen molar-refractivity contribution in [1.82, 2.24) is 30.4 Å². The Morgan fingerprint density at radius 3 is 2.52 bits per heavy atom. The summed E-state index contributed by atoms with van der Waals surface area (Å²) in [5.41, 5.74) is -0.0271. The molecule has 0 spiro atoms. The van der Waals surface area contributed by atoms with Crippen LogP contribution in [0.1, 0.15) is 32.5 Å². The molecule has 2 aromatic rings. The van der Waals surface area contributed by atoms with Gasteiger partial charge in [-0.1, -0.05) is 13.8 Å². The first kappa shape index (κ1) is 24.2. The number of nitrogens with one attached hydrogen (secondary N) is 2. The molecule has 3 amide bonds. The number of carbonyl (C=O) groups is 3. The molecule has 11 nitrogen and oxygen atoms in total. The number of hydrogen-bond donors (Lipinski definition) is 2. The molecule has 1 fully saturated rings. The minimum Gasteiger partial charge on any atom is -0.455 e. The van der Waals surface area contributed by atoms with Gasteiger partial charge in [0, 0.05) is 19.6 Å². The normalized spacial score (nSPS) is 15.0. The Kier molecular flexibility index (Phi) is 7.33. The molecule has 1 saturated heterocycles. The standard InChI is InChI=1S/C19H24F3N7O4/c1-11(2)9-23-18(32)24-15(30)10-33-16(31)12-5-7-28(8-6-12)14-4-3-13-25-26-17(19(20,21)22)29(13)27-14/h3-4,11-12H,5-10H2,1-2H3,(H2,23,24,30,32). The van der Waals surface area contributed by atoms with E-state index in [0.29, 0.717) is 42.8 Å². The molecule has 2 N–H and O–H groups in total. The van der Waals surface area contributed by atoms with Crippen LogP contribution in [0.15, 0.2) is 12.1 Å². The number of aromatic nitrogens is 4. The van der Waals surface area contributed by atoms with Gasteiger partial charge in [-0.3, -0.25) is 14.9 Å². The minimum atomic E-state index is -4.69. The fraction of sp³-hybridized carbons (Fsp3) is 0.579. The Hall–Kier alpha value is -3.45. The lowest BCUT2D eigenvalue weighted by molar-refractivity contribution is -0.153. The van der Waals surface area contributed by atoms with E-state index in [2.05, 4.69) is 25.9 Å². The van der Waals surface area contributed by atoms with Gasteiger partial charge in [0.2, 0.25) is 0 Å². The van der Waals surface area contributed by atoms with E-state index in [9.17, 15) is 27.6 Å². The molecule has 0 saturated carbocycles. The van der Waals surface area contributed by atoms with Gasteiger partial charge in [0.25, 0.3) is 11.7 Å². The second-order valence-corrected chi connectivity index (χ2v) is 8.00. The monoisotopic (exact) mass is 471 g/mol. The number of esters is 1. The second-order valence-electron chi connectivity index (χ2n) is 8.00. The highest BCUT2D eigenvalue weighted by Gasteiger charge is 2.38. The van der Waals surface area contributed by atoms with Crippen LogP contribution in [0.3, 0.4) is 0 Å². The molecular formula is C19H24F3N7O4. The third-order valence-electron chi connectivity index (χ3n) is 4.92. The van der Waals surface area contributed by atoms with Crippen LogP contribution >= 0.6 is 0 Å². The Bertz CT molecular complexity index is 1020. The van der Waals surface area contributed by atoms with Crippen molar-refractivity contribution in [2.45, 2.75) is 32.9 Å². The Morgan fingerprint density at radius 1 is 1.18 bits per heavy atom. The quantitative estimate of drug-likeness (QED) is 0.605. The van der Waals surface area contributed by atoms with Crippen molar-refractivity contribution in [3.63, 3.8) is 0 Å². The Balaban J connectivity index is 1.49. The lowest BCUT2D eigenvalue weighted by Crippen LogP contribution is -2.43. The fourth-order valence-electron chi connectivity index (χ4n) is 3.23. The Labute approximate surface area is 186 Å². The molecule has 1 aliphatic heterocycles. The van der Waals surface area contributed by atoms with Crippen molar-refractivity contribution < 1.29 is 32.3 Å². The van der Waals surface area contributed by atoms with Gasteiger partial charge in [-0.25, -0.2) is 4.79 Å². The third kappa shape index (κ3) is 6.29. The molecule has 0 unspecified atom stereocenters. The van der Waals surface area contributed by atoms with Crippen molar-refractivity contribution >= 4 is 29.4 Å². The summed E-state index contributed by atoms with van der Waals surface area (Å²) in [4.78, 5) is 37.3. The van der Waals surface area contributed by atoms with E-state index in [1.54, 1.807) is 4.90 Å². The van der Waals surface area contributed by atoms with E-state index in [1.165, 1.54) is 12.1 Å².